The summed E-state index contributed by atoms with van der Waals surface area (Å²) >= 11 is 12.2. The molecule has 1 aliphatic rings. The maximum Gasteiger partial charge on any atom is 0.216 e. The molecule has 1 amide bonds. The summed E-state index contributed by atoms with van der Waals surface area (Å²) < 4.78 is 0. The minimum Gasteiger partial charge on any atom is -0.356 e. The molecule has 2 heterocycles. The molecular weight excluding hydrogens is 313 g/mol. The van der Waals surface area contributed by atoms with Gasteiger partial charge in [-0.05, 0) is 24.8 Å². The lowest BCUT2D eigenvalue weighted by Gasteiger charge is -2.33. The number of hydrogen-bond donors (Lipinski definition) is 3. The number of aromatic nitrogens is 1. The summed E-state index contributed by atoms with van der Waals surface area (Å²) in [4.78, 5) is 17.4. The Labute approximate surface area is 134 Å². The van der Waals surface area contributed by atoms with Gasteiger partial charge in [-0.3, -0.25) is 4.79 Å². The van der Waals surface area contributed by atoms with E-state index >= 15 is 0 Å². The fourth-order valence-electron chi connectivity index (χ4n) is 2.42. The predicted molar refractivity (Wildman–Crippen MR) is 85.7 cm³/mol. The molecular formula is C13H19Cl2N5O. The first-order chi connectivity index (χ1) is 10.0. The summed E-state index contributed by atoms with van der Waals surface area (Å²) in [6.07, 6.45) is 1.96. The van der Waals surface area contributed by atoms with Crippen molar-refractivity contribution in [3.8, 4) is 0 Å². The molecule has 0 saturated carbocycles. The first-order valence-electron chi connectivity index (χ1n) is 6.83. The normalized spacial score (nSPS) is 15.9. The smallest absolute Gasteiger partial charge is 0.216 e. The Bertz CT molecular complexity index is 518. The van der Waals surface area contributed by atoms with Crippen LogP contribution in [0.25, 0.3) is 0 Å². The Balaban J connectivity index is 2.00. The Morgan fingerprint density at radius 3 is 2.67 bits per heavy atom. The van der Waals surface area contributed by atoms with E-state index in [1.165, 1.54) is 6.92 Å². The molecule has 0 radical (unpaired) electrons. The highest BCUT2D eigenvalue weighted by Crippen LogP contribution is 2.33. The Morgan fingerprint density at radius 1 is 1.43 bits per heavy atom. The number of hydrazine groups is 1. The number of nitrogens with two attached hydrogens (primary N) is 1. The molecule has 0 bridgehead atoms. The fraction of sp³-hybridized carbons (Fsp3) is 0.538. The summed E-state index contributed by atoms with van der Waals surface area (Å²) in [6, 6.07) is 1.64. The zero-order chi connectivity index (χ0) is 15.4. The standard InChI is InChI=1S/C13H19Cl2N5O/c1-8(21)17-7-9-2-4-20(5-3-9)13-11(15)6-10(14)12(18-13)19-16/h6,9H,2-5,7,16H2,1H3,(H,17,21)(H,18,19). The van der Waals surface area contributed by atoms with E-state index in [-0.39, 0.29) is 5.91 Å². The number of hydrogen-bond acceptors (Lipinski definition) is 5. The topological polar surface area (TPSA) is 83.3 Å². The van der Waals surface area contributed by atoms with Gasteiger partial charge < -0.3 is 15.6 Å². The molecule has 2 rings (SSSR count). The summed E-state index contributed by atoms with van der Waals surface area (Å²) in [5.74, 6) is 6.99. The van der Waals surface area contributed by atoms with Gasteiger partial charge in [-0.2, -0.15) is 0 Å². The maximum atomic E-state index is 10.9. The van der Waals surface area contributed by atoms with Crippen LogP contribution in [-0.2, 0) is 4.79 Å². The number of amides is 1. The SMILES string of the molecule is CC(=O)NCC1CCN(c2nc(NN)c(Cl)cc2Cl)CC1. The van der Waals surface area contributed by atoms with Gasteiger partial charge in [-0.15, -0.1) is 0 Å². The van der Waals surface area contributed by atoms with Crippen molar-refractivity contribution in [2.75, 3.05) is 30.0 Å². The third-order valence-electron chi connectivity index (χ3n) is 3.60. The van der Waals surface area contributed by atoms with Crippen LogP contribution in [0.1, 0.15) is 19.8 Å². The van der Waals surface area contributed by atoms with Crippen molar-refractivity contribution in [3.05, 3.63) is 16.1 Å². The van der Waals surface area contributed by atoms with Crippen LogP contribution in [-0.4, -0.2) is 30.5 Å². The summed E-state index contributed by atoms with van der Waals surface area (Å²) in [7, 11) is 0. The van der Waals surface area contributed by atoms with Crippen molar-refractivity contribution in [2.45, 2.75) is 19.8 Å². The van der Waals surface area contributed by atoms with Crippen molar-refractivity contribution < 1.29 is 4.79 Å². The molecule has 0 aromatic carbocycles. The van der Waals surface area contributed by atoms with E-state index < -0.39 is 0 Å². The van der Waals surface area contributed by atoms with Crippen molar-refractivity contribution in [1.82, 2.24) is 10.3 Å². The van der Waals surface area contributed by atoms with E-state index in [1.54, 1.807) is 6.07 Å². The van der Waals surface area contributed by atoms with Crippen LogP contribution in [0.2, 0.25) is 10.0 Å². The summed E-state index contributed by atoms with van der Waals surface area (Å²) in [6.45, 7) is 3.93. The molecule has 1 aromatic heterocycles. The summed E-state index contributed by atoms with van der Waals surface area (Å²) in [5.41, 5.74) is 2.47. The number of nitrogens with zero attached hydrogens (tertiary/aromatic N) is 2. The van der Waals surface area contributed by atoms with Crippen LogP contribution in [0.15, 0.2) is 6.07 Å². The highest BCUT2D eigenvalue weighted by atomic mass is 35.5. The van der Waals surface area contributed by atoms with Gasteiger partial charge in [-0.1, -0.05) is 23.2 Å². The molecule has 4 N–H and O–H groups in total. The molecule has 0 unspecified atom stereocenters. The third-order valence-corrected chi connectivity index (χ3v) is 4.17. The monoisotopic (exact) mass is 331 g/mol. The third kappa shape index (κ3) is 4.12. The number of nitrogen functional groups attached to an aromatic ring is 1. The largest absolute Gasteiger partial charge is 0.356 e. The van der Waals surface area contributed by atoms with E-state index in [0.717, 1.165) is 32.5 Å². The Kier molecular flexibility index (Phi) is 5.50. The number of pyridine rings is 1. The van der Waals surface area contributed by atoms with Crippen LogP contribution >= 0.6 is 23.2 Å². The molecule has 6 nitrogen and oxygen atoms in total. The van der Waals surface area contributed by atoms with Gasteiger partial charge in [-0.25, -0.2) is 10.8 Å². The van der Waals surface area contributed by atoms with Crippen molar-refractivity contribution in [1.29, 1.82) is 0 Å². The highest BCUT2D eigenvalue weighted by molar-refractivity contribution is 6.37. The van der Waals surface area contributed by atoms with Gasteiger partial charge in [0.25, 0.3) is 0 Å². The lowest BCUT2D eigenvalue weighted by atomic mass is 9.97. The van der Waals surface area contributed by atoms with Crippen molar-refractivity contribution in [3.63, 3.8) is 0 Å². The number of carbonyl (C=O) groups is 1. The quantitative estimate of drug-likeness (QED) is 0.580. The molecule has 21 heavy (non-hydrogen) atoms. The van der Waals surface area contributed by atoms with E-state index in [2.05, 4.69) is 20.6 Å². The Morgan fingerprint density at radius 2 is 2.10 bits per heavy atom. The first-order valence-corrected chi connectivity index (χ1v) is 7.59. The van der Waals surface area contributed by atoms with E-state index in [1.807, 2.05) is 0 Å². The van der Waals surface area contributed by atoms with Crippen LogP contribution in [0.4, 0.5) is 11.6 Å². The number of nitrogens with one attached hydrogen (secondary N) is 2. The van der Waals surface area contributed by atoms with Crippen molar-refractivity contribution >= 4 is 40.7 Å². The maximum absolute atomic E-state index is 10.9. The van der Waals surface area contributed by atoms with Gasteiger partial charge in [0, 0.05) is 26.6 Å². The van der Waals surface area contributed by atoms with Crippen LogP contribution < -0.4 is 21.5 Å². The number of rotatable bonds is 4. The lowest BCUT2D eigenvalue weighted by molar-refractivity contribution is -0.119. The second-order valence-corrected chi connectivity index (χ2v) is 5.95. The van der Waals surface area contributed by atoms with Crippen LogP contribution in [0.5, 0.6) is 0 Å². The number of halogens is 2. The highest BCUT2D eigenvalue weighted by Gasteiger charge is 2.22. The minimum atomic E-state index is 0.0125. The number of piperidine rings is 1. The molecule has 0 spiro atoms. The molecule has 8 heteroatoms. The van der Waals surface area contributed by atoms with Gasteiger partial charge in [0.2, 0.25) is 5.91 Å². The fourth-order valence-corrected chi connectivity index (χ4v) is 2.95. The molecule has 0 atom stereocenters. The van der Waals surface area contributed by atoms with Gasteiger partial charge in [0.05, 0.1) is 10.0 Å². The van der Waals surface area contributed by atoms with Crippen LogP contribution in [0, 0.1) is 5.92 Å². The minimum absolute atomic E-state index is 0.0125. The molecule has 0 aliphatic carbocycles. The Hall–Kier alpha value is -1.24. The molecule has 116 valence electrons. The molecule has 1 fully saturated rings. The second kappa shape index (κ2) is 7.15. The zero-order valence-electron chi connectivity index (χ0n) is 11.8. The van der Waals surface area contributed by atoms with E-state index in [4.69, 9.17) is 29.0 Å². The zero-order valence-corrected chi connectivity index (χ0v) is 13.3. The molecule has 1 aliphatic heterocycles. The van der Waals surface area contributed by atoms with Gasteiger partial charge >= 0.3 is 0 Å². The van der Waals surface area contributed by atoms with Gasteiger partial charge in [0.15, 0.2) is 5.82 Å². The second-order valence-electron chi connectivity index (χ2n) is 5.14. The van der Waals surface area contributed by atoms with Crippen LogP contribution in [0.3, 0.4) is 0 Å². The van der Waals surface area contributed by atoms with Crippen molar-refractivity contribution in [2.24, 2.45) is 11.8 Å². The van der Waals surface area contributed by atoms with E-state index in [9.17, 15) is 4.79 Å². The van der Waals surface area contributed by atoms with E-state index in [0.29, 0.717) is 27.6 Å². The lowest BCUT2D eigenvalue weighted by Crippen LogP contribution is -2.38. The predicted octanol–water partition coefficient (Wildman–Crippen LogP) is 2.03. The summed E-state index contributed by atoms with van der Waals surface area (Å²) in [5, 5.41) is 3.77. The first kappa shape index (κ1) is 16.1. The number of anilines is 2. The number of carbonyl (C=O) groups excluding carboxylic acids is 1. The van der Waals surface area contributed by atoms with Gasteiger partial charge in [0.1, 0.15) is 5.82 Å². The molecule has 1 saturated heterocycles. The average molecular weight is 332 g/mol. The molecule has 1 aromatic rings. The average Bonchev–Trinajstić information content (AvgIpc) is 2.46.